The lowest BCUT2D eigenvalue weighted by molar-refractivity contribution is 0.0748. The van der Waals surface area contributed by atoms with Gasteiger partial charge in [0, 0.05) is 12.2 Å². The predicted molar refractivity (Wildman–Crippen MR) is 63.7 cm³/mol. The van der Waals surface area contributed by atoms with Crippen molar-refractivity contribution >= 4 is 5.78 Å². The molecule has 2 heteroatoms. The van der Waals surface area contributed by atoms with Crippen molar-refractivity contribution in [2.45, 2.75) is 26.2 Å². The molecule has 1 aliphatic carbocycles. The van der Waals surface area contributed by atoms with E-state index < -0.39 is 0 Å². The van der Waals surface area contributed by atoms with Crippen molar-refractivity contribution < 1.29 is 9.53 Å². The number of benzene rings is 1. The van der Waals surface area contributed by atoms with Gasteiger partial charge < -0.3 is 4.74 Å². The fraction of sp³-hybridized carbons (Fsp3) is 0.500. The fourth-order valence-electron chi connectivity index (χ4n) is 1.78. The molecule has 2 nitrogen and oxygen atoms in total. The van der Waals surface area contributed by atoms with Crippen LogP contribution >= 0.6 is 0 Å². The Kier molecular flexibility index (Phi) is 3.73. The summed E-state index contributed by atoms with van der Waals surface area (Å²) in [4.78, 5) is 11.8. The average Bonchev–Trinajstić information content (AvgIpc) is 3.08. The van der Waals surface area contributed by atoms with Crippen LogP contribution in [0.5, 0.6) is 0 Å². The topological polar surface area (TPSA) is 26.3 Å². The highest BCUT2D eigenvalue weighted by atomic mass is 16.5. The number of rotatable bonds is 6. The first-order chi connectivity index (χ1) is 7.77. The summed E-state index contributed by atoms with van der Waals surface area (Å²) >= 11 is 0. The Hall–Kier alpha value is -1.15. The van der Waals surface area contributed by atoms with Crippen LogP contribution in [0, 0.1) is 12.8 Å². The molecule has 0 bridgehead atoms. The maximum Gasteiger partial charge on any atom is 0.188 e. The molecular formula is C14H18O2. The molecule has 1 fully saturated rings. The van der Waals surface area contributed by atoms with Crippen molar-refractivity contribution in [3.8, 4) is 0 Å². The van der Waals surface area contributed by atoms with E-state index >= 15 is 0 Å². The molecule has 16 heavy (non-hydrogen) atoms. The Morgan fingerprint density at radius 1 is 1.38 bits per heavy atom. The van der Waals surface area contributed by atoms with Gasteiger partial charge in [0.05, 0.1) is 0 Å². The van der Waals surface area contributed by atoms with Crippen LogP contribution in [0.1, 0.15) is 35.2 Å². The van der Waals surface area contributed by atoms with Crippen molar-refractivity contribution in [3.05, 3.63) is 35.4 Å². The van der Waals surface area contributed by atoms with Gasteiger partial charge in [-0.3, -0.25) is 4.79 Å². The van der Waals surface area contributed by atoms with Gasteiger partial charge >= 0.3 is 0 Å². The van der Waals surface area contributed by atoms with E-state index in [0.717, 1.165) is 30.1 Å². The maximum atomic E-state index is 11.8. The molecule has 1 aromatic carbocycles. The van der Waals surface area contributed by atoms with Crippen LogP contribution in [0.15, 0.2) is 24.3 Å². The zero-order chi connectivity index (χ0) is 11.4. The summed E-state index contributed by atoms with van der Waals surface area (Å²) in [7, 11) is 0. The van der Waals surface area contributed by atoms with Crippen LogP contribution in [0.25, 0.3) is 0 Å². The standard InChI is InChI=1S/C14H18O2/c1-11-4-2-3-5-13(11)14(15)10-16-9-8-12-6-7-12/h2-5,12H,6-10H2,1H3. The highest BCUT2D eigenvalue weighted by Crippen LogP contribution is 2.32. The van der Waals surface area contributed by atoms with Crippen LogP contribution in [0.3, 0.4) is 0 Å². The second-order valence-electron chi connectivity index (χ2n) is 4.52. The van der Waals surface area contributed by atoms with Gasteiger partial charge in [0.25, 0.3) is 0 Å². The molecule has 0 N–H and O–H groups in total. The number of aryl methyl sites for hydroxylation is 1. The molecule has 0 heterocycles. The molecule has 0 atom stereocenters. The Balaban J connectivity index is 1.76. The normalized spacial score (nSPS) is 15.1. The van der Waals surface area contributed by atoms with Crippen molar-refractivity contribution in [1.82, 2.24) is 0 Å². The molecule has 0 saturated heterocycles. The molecule has 0 radical (unpaired) electrons. The molecule has 1 saturated carbocycles. The number of carbonyl (C=O) groups is 1. The molecule has 1 aromatic rings. The summed E-state index contributed by atoms with van der Waals surface area (Å²) in [6.07, 6.45) is 3.80. The van der Waals surface area contributed by atoms with E-state index in [-0.39, 0.29) is 12.4 Å². The van der Waals surface area contributed by atoms with Crippen molar-refractivity contribution in [1.29, 1.82) is 0 Å². The van der Waals surface area contributed by atoms with Crippen LogP contribution in [0.2, 0.25) is 0 Å². The van der Waals surface area contributed by atoms with E-state index in [1.165, 1.54) is 12.8 Å². The Morgan fingerprint density at radius 3 is 2.81 bits per heavy atom. The maximum absolute atomic E-state index is 11.8. The quantitative estimate of drug-likeness (QED) is 0.542. The van der Waals surface area contributed by atoms with Crippen LogP contribution in [0.4, 0.5) is 0 Å². The van der Waals surface area contributed by atoms with Gasteiger partial charge in [-0.05, 0) is 24.8 Å². The first kappa shape index (κ1) is 11.3. The molecule has 0 aromatic heterocycles. The number of hydrogen-bond donors (Lipinski definition) is 0. The second kappa shape index (κ2) is 5.26. The summed E-state index contributed by atoms with van der Waals surface area (Å²) in [6.45, 7) is 2.90. The van der Waals surface area contributed by atoms with Gasteiger partial charge in [-0.25, -0.2) is 0 Å². The monoisotopic (exact) mass is 218 g/mol. The molecular weight excluding hydrogens is 200 g/mol. The summed E-state index contributed by atoms with van der Waals surface area (Å²) in [5, 5.41) is 0. The predicted octanol–water partition coefficient (Wildman–Crippen LogP) is 2.99. The van der Waals surface area contributed by atoms with E-state index in [2.05, 4.69) is 0 Å². The van der Waals surface area contributed by atoms with Crippen LogP contribution in [-0.4, -0.2) is 19.0 Å². The number of Topliss-reactive ketones (excluding diaryl/α,β-unsaturated/α-hetero) is 1. The van der Waals surface area contributed by atoms with Gasteiger partial charge in [0.1, 0.15) is 6.61 Å². The molecule has 86 valence electrons. The SMILES string of the molecule is Cc1ccccc1C(=O)COCCC1CC1. The molecule has 2 rings (SSSR count). The lowest BCUT2D eigenvalue weighted by atomic mass is 10.1. The lowest BCUT2D eigenvalue weighted by Gasteiger charge is -2.05. The minimum atomic E-state index is 0.0916. The van der Waals surface area contributed by atoms with Crippen molar-refractivity contribution in [2.24, 2.45) is 5.92 Å². The number of ether oxygens (including phenoxy) is 1. The highest BCUT2D eigenvalue weighted by Gasteiger charge is 2.20. The molecule has 0 amide bonds. The lowest BCUT2D eigenvalue weighted by Crippen LogP contribution is -2.11. The minimum absolute atomic E-state index is 0.0916. The third-order valence-corrected chi connectivity index (χ3v) is 3.05. The third kappa shape index (κ3) is 3.17. The van der Waals surface area contributed by atoms with E-state index in [1.807, 2.05) is 31.2 Å². The van der Waals surface area contributed by atoms with Gasteiger partial charge in [-0.2, -0.15) is 0 Å². The minimum Gasteiger partial charge on any atom is -0.373 e. The van der Waals surface area contributed by atoms with Crippen LogP contribution in [-0.2, 0) is 4.74 Å². The van der Waals surface area contributed by atoms with Gasteiger partial charge in [-0.1, -0.05) is 37.1 Å². The average molecular weight is 218 g/mol. The smallest absolute Gasteiger partial charge is 0.188 e. The summed E-state index contributed by atoms with van der Waals surface area (Å²) in [6, 6.07) is 7.66. The summed E-state index contributed by atoms with van der Waals surface area (Å²) in [5.41, 5.74) is 1.81. The zero-order valence-electron chi connectivity index (χ0n) is 9.74. The van der Waals surface area contributed by atoms with Crippen molar-refractivity contribution in [3.63, 3.8) is 0 Å². The van der Waals surface area contributed by atoms with Gasteiger partial charge in [0.2, 0.25) is 0 Å². The largest absolute Gasteiger partial charge is 0.373 e. The Morgan fingerprint density at radius 2 is 2.12 bits per heavy atom. The molecule has 0 aliphatic heterocycles. The zero-order valence-corrected chi connectivity index (χ0v) is 9.74. The Bertz CT molecular complexity index is 367. The molecule has 1 aliphatic rings. The third-order valence-electron chi connectivity index (χ3n) is 3.05. The summed E-state index contributed by atoms with van der Waals surface area (Å²) in [5.74, 6) is 0.961. The second-order valence-corrected chi connectivity index (χ2v) is 4.52. The highest BCUT2D eigenvalue weighted by molar-refractivity contribution is 5.98. The first-order valence-corrected chi connectivity index (χ1v) is 5.94. The van der Waals surface area contributed by atoms with E-state index in [9.17, 15) is 4.79 Å². The van der Waals surface area contributed by atoms with E-state index in [1.54, 1.807) is 0 Å². The fourth-order valence-corrected chi connectivity index (χ4v) is 1.78. The number of carbonyl (C=O) groups excluding carboxylic acids is 1. The number of hydrogen-bond acceptors (Lipinski definition) is 2. The Labute approximate surface area is 96.6 Å². The number of ketones is 1. The van der Waals surface area contributed by atoms with Crippen molar-refractivity contribution in [2.75, 3.05) is 13.2 Å². The van der Waals surface area contributed by atoms with E-state index in [4.69, 9.17) is 4.74 Å². The molecule has 0 spiro atoms. The summed E-state index contributed by atoms with van der Waals surface area (Å²) < 4.78 is 5.41. The van der Waals surface area contributed by atoms with Crippen LogP contribution < -0.4 is 0 Å². The first-order valence-electron chi connectivity index (χ1n) is 5.94. The van der Waals surface area contributed by atoms with Gasteiger partial charge in [0.15, 0.2) is 5.78 Å². The van der Waals surface area contributed by atoms with E-state index in [0.29, 0.717) is 0 Å². The van der Waals surface area contributed by atoms with Gasteiger partial charge in [-0.15, -0.1) is 0 Å². The molecule has 0 unspecified atom stereocenters.